The second-order valence-electron chi connectivity index (χ2n) is 7.05. The molecule has 0 unspecified atom stereocenters. The maximum absolute atomic E-state index is 5.62. The fourth-order valence-corrected chi connectivity index (χ4v) is 3.59. The van der Waals surface area contributed by atoms with Crippen molar-refractivity contribution >= 4 is 5.96 Å². The Morgan fingerprint density at radius 2 is 1.85 bits per heavy atom. The lowest BCUT2D eigenvalue weighted by Crippen LogP contribution is -2.43. The summed E-state index contributed by atoms with van der Waals surface area (Å²) in [6.45, 7) is 8.31. The van der Waals surface area contributed by atoms with Gasteiger partial charge in [-0.25, -0.2) is 4.99 Å². The molecule has 2 rings (SSSR count). The van der Waals surface area contributed by atoms with E-state index in [-0.39, 0.29) is 0 Å². The van der Waals surface area contributed by atoms with Crippen molar-refractivity contribution in [3.8, 4) is 5.75 Å². The van der Waals surface area contributed by atoms with Crippen molar-refractivity contribution in [3.63, 3.8) is 0 Å². The van der Waals surface area contributed by atoms with Crippen LogP contribution >= 0.6 is 0 Å². The maximum Gasteiger partial charge on any atom is 0.191 e. The number of hydrogen-bond donors (Lipinski definition) is 2. The molecule has 0 aliphatic heterocycles. The lowest BCUT2D eigenvalue weighted by molar-refractivity contribution is 0.105. The van der Waals surface area contributed by atoms with Crippen LogP contribution in [0.1, 0.15) is 51.5 Å². The number of hydrogen-bond acceptors (Lipinski definition) is 3. The molecule has 5 heteroatoms. The summed E-state index contributed by atoms with van der Waals surface area (Å²) in [5, 5.41) is 6.95. The molecule has 26 heavy (non-hydrogen) atoms. The highest BCUT2D eigenvalue weighted by Gasteiger charge is 2.33. The molecule has 0 atom stereocenters. The summed E-state index contributed by atoms with van der Waals surface area (Å²) in [7, 11) is 1.69. The van der Waals surface area contributed by atoms with Gasteiger partial charge in [-0.15, -0.1) is 0 Å². The number of nitrogens with zero attached hydrogens (tertiary/aromatic N) is 1. The Morgan fingerprint density at radius 1 is 1.12 bits per heavy atom. The Morgan fingerprint density at radius 3 is 2.46 bits per heavy atom. The molecule has 0 heterocycles. The van der Waals surface area contributed by atoms with Crippen molar-refractivity contribution in [2.24, 2.45) is 10.4 Å². The molecule has 0 amide bonds. The van der Waals surface area contributed by atoms with Crippen molar-refractivity contribution in [1.29, 1.82) is 0 Å². The number of methoxy groups -OCH3 is 1. The van der Waals surface area contributed by atoms with Crippen molar-refractivity contribution < 1.29 is 9.47 Å². The molecule has 0 aromatic heterocycles. The molecule has 1 aliphatic carbocycles. The van der Waals surface area contributed by atoms with Gasteiger partial charge in [0.2, 0.25) is 0 Å². The zero-order chi connectivity index (χ0) is 18.7. The van der Waals surface area contributed by atoms with Gasteiger partial charge in [-0.2, -0.15) is 0 Å². The minimum Gasteiger partial charge on any atom is -0.497 e. The molecule has 1 saturated carbocycles. The molecule has 0 radical (unpaired) electrons. The molecule has 5 nitrogen and oxygen atoms in total. The third kappa shape index (κ3) is 6.52. The van der Waals surface area contributed by atoms with Crippen LogP contribution in [0.4, 0.5) is 0 Å². The average Bonchev–Trinajstić information content (AvgIpc) is 3.14. The van der Waals surface area contributed by atoms with Crippen LogP contribution < -0.4 is 15.4 Å². The molecule has 0 bridgehead atoms. The van der Waals surface area contributed by atoms with E-state index in [4.69, 9.17) is 14.5 Å². The second-order valence-corrected chi connectivity index (χ2v) is 7.05. The van der Waals surface area contributed by atoms with E-state index in [1.54, 1.807) is 7.11 Å². The summed E-state index contributed by atoms with van der Waals surface area (Å²) < 4.78 is 10.8. The van der Waals surface area contributed by atoms with Gasteiger partial charge in [0.25, 0.3) is 0 Å². The first kappa shape index (κ1) is 20.6. The van der Waals surface area contributed by atoms with Gasteiger partial charge < -0.3 is 20.1 Å². The highest BCUT2D eigenvalue weighted by atomic mass is 16.5. The number of guanidine groups is 1. The SMILES string of the molecule is CCNC(=NCc1ccc(OC)cc1)NCC1(CCOCC)CCCC1. The molecule has 0 spiro atoms. The normalized spacial score (nSPS) is 16.5. The van der Waals surface area contributed by atoms with Crippen molar-refractivity contribution in [3.05, 3.63) is 29.8 Å². The quantitative estimate of drug-likeness (QED) is 0.379. The van der Waals surface area contributed by atoms with Gasteiger partial charge in [0, 0.05) is 26.3 Å². The van der Waals surface area contributed by atoms with E-state index in [9.17, 15) is 0 Å². The molecule has 1 aromatic rings. The zero-order valence-corrected chi connectivity index (χ0v) is 16.6. The van der Waals surface area contributed by atoms with Crippen molar-refractivity contribution in [2.75, 3.05) is 33.4 Å². The van der Waals surface area contributed by atoms with Crippen LogP contribution in [0.15, 0.2) is 29.3 Å². The molecule has 0 saturated heterocycles. The number of aliphatic imine (C=N–C) groups is 1. The summed E-state index contributed by atoms with van der Waals surface area (Å²) >= 11 is 0. The van der Waals surface area contributed by atoms with Crippen molar-refractivity contribution in [2.45, 2.75) is 52.5 Å². The fraction of sp³-hybridized carbons (Fsp3) is 0.667. The minimum absolute atomic E-state index is 0.353. The van der Waals surface area contributed by atoms with Gasteiger partial charge in [-0.05, 0) is 56.2 Å². The summed E-state index contributed by atoms with van der Waals surface area (Å²) in [4.78, 5) is 4.75. The monoisotopic (exact) mass is 361 g/mol. The van der Waals surface area contributed by atoms with E-state index in [0.717, 1.165) is 44.4 Å². The van der Waals surface area contributed by atoms with Crippen molar-refractivity contribution in [1.82, 2.24) is 10.6 Å². The Hall–Kier alpha value is -1.75. The Balaban J connectivity index is 1.92. The predicted octanol–water partition coefficient (Wildman–Crippen LogP) is 3.74. The zero-order valence-electron chi connectivity index (χ0n) is 16.6. The van der Waals surface area contributed by atoms with E-state index < -0.39 is 0 Å². The fourth-order valence-electron chi connectivity index (χ4n) is 3.59. The van der Waals surface area contributed by atoms with Crippen LogP contribution in [0.2, 0.25) is 0 Å². The van der Waals surface area contributed by atoms with Gasteiger partial charge in [0.15, 0.2) is 5.96 Å². The molecule has 1 fully saturated rings. The average molecular weight is 362 g/mol. The van der Waals surface area contributed by atoms with Gasteiger partial charge in [-0.3, -0.25) is 0 Å². The van der Waals surface area contributed by atoms with Gasteiger partial charge in [0.05, 0.1) is 13.7 Å². The lowest BCUT2D eigenvalue weighted by Gasteiger charge is -2.30. The minimum atomic E-state index is 0.353. The highest BCUT2D eigenvalue weighted by molar-refractivity contribution is 5.79. The standard InChI is InChI=1S/C21H35N3O2/c1-4-22-20(23-16-18-8-10-19(25-3)11-9-18)24-17-21(12-6-7-13-21)14-15-26-5-2/h8-11H,4-7,12-17H2,1-3H3,(H2,22,23,24). The lowest BCUT2D eigenvalue weighted by atomic mass is 9.83. The molecule has 146 valence electrons. The summed E-state index contributed by atoms with van der Waals surface area (Å²) in [5.74, 6) is 1.77. The van der Waals surface area contributed by atoms with E-state index in [1.165, 1.54) is 31.2 Å². The van der Waals surface area contributed by atoms with Crippen LogP contribution in [-0.4, -0.2) is 39.4 Å². The van der Waals surface area contributed by atoms with E-state index >= 15 is 0 Å². The number of rotatable bonds is 10. The first-order valence-electron chi connectivity index (χ1n) is 9.94. The molecule has 1 aromatic carbocycles. The Bertz CT molecular complexity index is 537. The van der Waals surface area contributed by atoms with Crippen LogP contribution in [0.25, 0.3) is 0 Å². The van der Waals surface area contributed by atoms with Gasteiger partial charge >= 0.3 is 0 Å². The van der Waals surface area contributed by atoms with E-state index in [1.807, 2.05) is 12.1 Å². The van der Waals surface area contributed by atoms with Gasteiger partial charge in [0.1, 0.15) is 5.75 Å². The molecule has 2 N–H and O–H groups in total. The molecule has 1 aliphatic rings. The first-order chi connectivity index (χ1) is 12.7. The van der Waals surface area contributed by atoms with Crippen LogP contribution in [0, 0.1) is 5.41 Å². The predicted molar refractivity (Wildman–Crippen MR) is 108 cm³/mol. The second kappa shape index (κ2) is 11.1. The topological polar surface area (TPSA) is 54.9 Å². The smallest absolute Gasteiger partial charge is 0.191 e. The van der Waals surface area contributed by atoms with Crippen LogP contribution in [0.3, 0.4) is 0 Å². The van der Waals surface area contributed by atoms with Crippen LogP contribution in [-0.2, 0) is 11.3 Å². The van der Waals surface area contributed by atoms with E-state index in [2.05, 4.69) is 36.6 Å². The summed E-state index contributed by atoms with van der Waals surface area (Å²) in [6, 6.07) is 8.08. The summed E-state index contributed by atoms with van der Waals surface area (Å²) in [6.07, 6.45) is 6.35. The highest BCUT2D eigenvalue weighted by Crippen LogP contribution is 2.40. The third-order valence-corrected chi connectivity index (χ3v) is 5.20. The number of ether oxygens (including phenoxy) is 2. The largest absolute Gasteiger partial charge is 0.497 e. The number of nitrogens with one attached hydrogen (secondary N) is 2. The summed E-state index contributed by atoms with van der Waals surface area (Å²) in [5.41, 5.74) is 1.53. The third-order valence-electron chi connectivity index (χ3n) is 5.20. The van der Waals surface area contributed by atoms with E-state index in [0.29, 0.717) is 12.0 Å². The van der Waals surface area contributed by atoms with Gasteiger partial charge in [-0.1, -0.05) is 25.0 Å². The number of benzene rings is 1. The Kier molecular flexibility index (Phi) is 8.75. The molecular weight excluding hydrogens is 326 g/mol. The van der Waals surface area contributed by atoms with Crippen LogP contribution in [0.5, 0.6) is 5.75 Å². The Labute approximate surface area is 158 Å². The first-order valence-corrected chi connectivity index (χ1v) is 9.94. The maximum atomic E-state index is 5.62. The molecular formula is C21H35N3O2.